The molecule has 2 amide bonds. The van der Waals surface area contributed by atoms with E-state index in [9.17, 15) is 19.5 Å². The predicted molar refractivity (Wildman–Crippen MR) is 87.7 cm³/mol. The monoisotopic (exact) mass is 328 g/mol. The molecule has 3 rings (SSSR count). The number of aliphatic carboxylic acids is 1. The zero-order valence-electron chi connectivity index (χ0n) is 13.5. The first kappa shape index (κ1) is 16.2. The van der Waals surface area contributed by atoms with Crippen LogP contribution in [0.2, 0.25) is 0 Å². The van der Waals surface area contributed by atoms with E-state index in [-0.39, 0.29) is 18.2 Å². The lowest BCUT2D eigenvalue weighted by molar-refractivity contribution is -0.149. The van der Waals surface area contributed by atoms with Crippen molar-refractivity contribution in [3.05, 3.63) is 41.6 Å². The molecule has 0 aliphatic carbocycles. The van der Waals surface area contributed by atoms with Gasteiger partial charge in [0.1, 0.15) is 6.04 Å². The minimum absolute atomic E-state index is 0.0880. The highest BCUT2D eigenvalue weighted by Gasteiger charge is 2.36. The van der Waals surface area contributed by atoms with Gasteiger partial charge < -0.3 is 14.9 Å². The molecule has 6 heteroatoms. The van der Waals surface area contributed by atoms with Crippen LogP contribution in [0, 0.1) is 0 Å². The molecule has 1 aromatic carbocycles. The minimum Gasteiger partial charge on any atom is -0.480 e. The molecule has 6 nitrogen and oxygen atoms in total. The third kappa shape index (κ3) is 2.91. The average Bonchev–Trinajstić information content (AvgIpc) is 3.04. The van der Waals surface area contributed by atoms with E-state index >= 15 is 0 Å². The second-order valence-electron chi connectivity index (χ2n) is 6.17. The van der Waals surface area contributed by atoms with Gasteiger partial charge in [-0.1, -0.05) is 24.3 Å². The molecule has 0 radical (unpaired) electrons. The summed E-state index contributed by atoms with van der Waals surface area (Å²) in [5.41, 5.74) is 1.89. The van der Waals surface area contributed by atoms with Crippen molar-refractivity contribution in [3.63, 3.8) is 0 Å². The molecular weight excluding hydrogens is 308 g/mol. The van der Waals surface area contributed by atoms with Crippen molar-refractivity contribution < 1.29 is 19.5 Å². The topological polar surface area (TPSA) is 77.9 Å². The fourth-order valence-corrected chi connectivity index (χ4v) is 3.52. The fourth-order valence-electron chi connectivity index (χ4n) is 3.52. The number of amides is 2. The van der Waals surface area contributed by atoms with Gasteiger partial charge in [0.2, 0.25) is 11.8 Å². The van der Waals surface area contributed by atoms with Crippen LogP contribution < -0.4 is 0 Å². The van der Waals surface area contributed by atoms with Crippen molar-refractivity contribution in [2.75, 3.05) is 6.54 Å². The van der Waals surface area contributed by atoms with E-state index < -0.39 is 18.1 Å². The van der Waals surface area contributed by atoms with Crippen LogP contribution >= 0.6 is 0 Å². The third-order valence-electron chi connectivity index (χ3n) is 4.70. The van der Waals surface area contributed by atoms with Gasteiger partial charge >= 0.3 is 5.97 Å². The molecule has 24 heavy (non-hydrogen) atoms. The van der Waals surface area contributed by atoms with Crippen LogP contribution in [-0.2, 0) is 14.4 Å². The number of nitrogens with zero attached hydrogens (tertiary/aromatic N) is 2. The summed E-state index contributed by atoms with van der Waals surface area (Å²) < 4.78 is 0. The van der Waals surface area contributed by atoms with Crippen molar-refractivity contribution in [1.82, 2.24) is 9.80 Å². The second-order valence-corrected chi connectivity index (χ2v) is 6.17. The first-order valence-corrected chi connectivity index (χ1v) is 8.07. The lowest BCUT2D eigenvalue weighted by atomic mass is 9.93. The standard InChI is InChI=1S/C18H20N2O4/c1-12(21)19-10-8-13-5-2-3-6-14(13)16(19)11-17(22)20-9-4-7-15(20)18(23)24/h2-3,5-6,8,10,15-16H,4,7,9,11H2,1H3,(H,23,24)/t15-,16+/m1/s1. The highest BCUT2D eigenvalue weighted by molar-refractivity contribution is 5.86. The predicted octanol–water partition coefficient (Wildman–Crippen LogP) is 2.03. The van der Waals surface area contributed by atoms with E-state index in [1.807, 2.05) is 30.3 Å². The first-order chi connectivity index (χ1) is 11.5. The molecular formula is C18H20N2O4. The first-order valence-electron chi connectivity index (χ1n) is 8.07. The average molecular weight is 328 g/mol. The van der Waals surface area contributed by atoms with E-state index in [1.165, 1.54) is 11.8 Å². The molecule has 1 aromatic rings. The zero-order valence-corrected chi connectivity index (χ0v) is 13.5. The Bertz CT molecular complexity index is 713. The normalized spacial score (nSPS) is 22.4. The van der Waals surface area contributed by atoms with Crippen LogP contribution in [0.4, 0.5) is 0 Å². The van der Waals surface area contributed by atoms with Gasteiger partial charge in [-0.05, 0) is 30.0 Å². The summed E-state index contributed by atoms with van der Waals surface area (Å²) in [7, 11) is 0. The lowest BCUT2D eigenvalue weighted by Gasteiger charge is -2.33. The van der Waals surface area contributed by atoms with Gasteiger partial charge in [-0.2, -0.15) is 0 Å². The molecule has 1 saturated heterocycles. The number of likely N-dealkylation sites (tertiary alicyclic amines) is 1. The molecule has 0 bridgehead atoms. The van der Waals surface area contributed by atoms with Gasteiger partial charge in [0.25, 0.3) is 0 Å². The van der Waals surface area contributed by atoms with Crippen LogP contribution in [0.1, 0.15) is 43.4 Å². The summed E-state index contributed by atoms with van der Waals surface area (Å²) in [4.78, 5) is 38.9. The Morgan fingerprint density at radius 3 is 2.71 bits per heavy atom. The number of carboxylic acid groups (broad SMARTS) is 1. The Balaban J connectivity index is 1.86. The molecule has 2 atom stereocenters. The number of rotatable bonds is 3. The maximum Gasteiger partial charge on any atom is 0.326 e. The van der Waals surface area contributed by atoms with Gasteiger partial charge in [-0.3, -0.25) is 9.59 Å². The van der Waals surface area contributed by atoms with E-state index in [0.717, 1.165) is 11.1 Å². The van der Waals surface area contributed by atoms with E-state index in [2.05, 4.69) is 0 Å². The van der Waals surface area contributed by atoms with Gasteiger partial charge in [0.15, 0.2) is 0 Å². The number of hydrogen-bond acceptors (Lipinski definition) is 3. The Labute approximate surface area is 140 Å². The summed E-state index contributed by atoms with van der Waals surface area (Å²) in [6.07, 6.45) is 4.82. The van der Waals surface area contributed by atoms with Gasteiger partial charge in [-0.15, -0.1) is 0 Å². The molecule has 2 aliphatic heterocycles. The molecule has 126 valence electrons. The Morgan fingerprint density at radius 1 is 1.25 bits per heavy atom. The molecule has 2 heterocycles. The zero-order chi connectivity index (χ0) is 17.3. The number of carbonyl (C=O) groups excluding carboxylic acids is 2. The SMILES string of the molecule is CC(=O)N1C=Cc2ccccc2[C@@H]1CC(=O)N1CCC[C@@H]1C(=O)O. The van der Waals surface area contributed by atoms with Gasteiger partial charge in [-0.25, -0.2) is 4.79 Å². The van der Waals surface area contributed by atoms with Crippen molar-refractivity contribution in [3.8, 4) is 0 Å². The van der Waals surface area contributed by atoms with Crippen LogP contribution in [0.5, 0.6) is 0 Å². The van der Waals surface area contributed by atoms with Crippen LogP contribution in [-0.4, -0.2) is 45.3 Å². The highest BCUT2D eigenvalue weighted by atomic mass is 16.4. The van der Waals surface area contributed by atoms with Crippen molar-refractivity contribution in [1.29, 1.82) is 0 Å². The second kappa shape index (κ2) is 6.47. The Kier molecular flexibility index (Phi) is 4.38. The van der Waals surface area contributed by atoms with E-state index in [4.69, 9.17) is 0 Å². The van der Waals surface area contributed by atoms with Crippen molar-refractivity contribution in [2.45, 2.75) is 38.3 Å². The maximum atomic E-state index is 12.7. The number of carbonyl (C=O) groups is 3. The summed E-state index contributed by atoms with van der Waals surface area (Å²) in [6, 6.07) is 6.49. The Morgan fingerprint density at radius 2 is 2.00 bits per heavy atom. The smallest absolute Gasteiger partial charge is 0.326 e. The van der Waals surface area contributed by atoms with Crippen molar-refractivity contribution in [2.24, 2.45) is 0 Å². The molecule has 0 saturated carbocycles. The third-order valence-corrected chi connectivity index (χ3v) is 4.70. The molecule has 2 aliphatic rings. The highest BCUT2D eigenvalue weighted by Crippen LogP contribution is 2.34. The number of carboxylic acids is 1. The quantitative estimate of drug-likeness (QED) is 0.921. The van der Waals surface area contributed by atoms with Gasteiger partial charge in [0, 0.05) is 19.7 Å². The molecule has 0 spiro atoms. The lowest BCUT2D eigenvalue weighted by Crippen LogP contribution is -2.42. The van der Waals surface area contributed by atoms with Crippen LogP contribution in [0.3, 0.4) is 0 Å². The molecule has 0 unspecified atom stereocenters. The summed E-state index contributed by atoms with van der Waals surface area (Å²) in [5.74, 6) is -1.33. The largest absolute Gasteiger partial charge is 0.480 e. The Hall–Kier alpha value is -2.63. The summed E-state index contributed by atoms with van der Waals surface area (Å²) >= 11 is 0. The van der Waals surface area contributed by atoms with Crippen LogP contribution in [0.25, 0.3) is 6.08 Å². The number of benzene rings is 1. The van der Waals surface area contributed by atoms with Crippen LogP contribution in [0.15, 0.2) is 30.5 Å². The molecule has 1 N–H and O–H groups in total. The number of hydrogen-bond donors (Lipinski definition) is 1. The molecule has 0 aromatic heterocycles. The van der Waals surface area contributed by atoms with E-state index in [0.29, 0.717) is 19.4 Å². The van der Waals surface area contributed by atoms with E-state index in [1.54, 1.807) is 11.1 Å². The maximum absolute atomic E-state index is 12.7. The summed E-state index contributed by atoms with van der Waals surface area (Å²) in [6.45, 7) is 1.92. The van der Waals surface area contributed by atoms with Gasteiger partial charge in [0.05, 0.1) is 12.5 Å². The summed E-state index contributed by atoms with van der Waals surface area (Å²) in [5, 5.41) is 9.27. The number of fused-ring (bicyclic) bond motifs is 1. The van der Waals surface area contributed by atoms with Crippen molar-refractivity contribution >= 4 is 23.9 Å². The fraction of sp³-hybridized carbons (Fsp3) is 0.389. The molecule has 1 fully saturated rings. The minimum atomic E-state index is -0.965.